The fraction of sp³-hybridized carbons (Fsp3) is 0.278. The van der Waals surface area contributed by atoms with E-state index in [1.807, 2.05) is 42.5 Å². The molecule has 1 atom stereocenters. The van der Waals surface area contributed by atoms with E-state index in [4.69, 9.17) is 10.00 Å². The Morgan fingerprint density at radius 2 is 1.76 bits per heavy atom. The maximum absolute atomic E-state index is 8.97. The largest absolute Gasteiger partial charge is 0.497 e. The van der Waals surface area contributed by atoms with Crippen LogP contribution in [0.2, 0.25) is 0 Å². The van der Waals surface area contributed by atoms with Crippen molar-refractivity contribution in [2.24, 2.45) is 0 Å². The maximum Gasteiger partial charge on any atom is 0.118 e. The number of methoxy groups -OCH3 is 1. The summed E-state index contributed by atoms with van der Waals surface area (Å²) in [5.41, 5.74) is 2.44. The predicted octanol–water partition coefficient (Wildman–Crippen LogP) is 3.31. The second kappa shape index (κ2) is 8.08. The molecule has 0 saturated carbocycles. The zero-order valence-electron chi connectivity index (χ0n) is 12.3. The van der Waals surface area contributed by atoms with Crippen molar-refractivity contribution in [3.8, 4) is 11.8 Å². The second-order valence-electron chi connectivity index (χ2n) is 4.98. The summed E-state index contributed by atoms with van der Waals surface area (Å²) in [6.07, 6.45) is 1.37. The monoisotopic (exact) mass is 280 g/mol. The normalized spacial score (nSPS) is 11.6. The van der Waals surface area contributed by atoms with Gasteiger partial charge in [-0.05, 0) is 29.7 Å². The molecule has 0 heterocycles. The van der Waals surface area contributed by atoms with Crippen molar-refractivity contribution in [1.29, 1.82) is 5.26 Å². The standard InChI is InChI=1S/C18H20N2O/c1-21-18-9-7-16(8-10-18)14-20-17(11-12-19)13-15-5-3-2-4-6-15/h2-10,17,20H,11,13-14H2,1H3/t17-/m1/s1. The van der Waals surface area contributed by atoms with Crippen molar-refractivity contribution < 1.29 is 4.74 Å². The molecule has 0 aromatic heterocycles. The molecule has 0 aliphatic heterocycles. The molecule has 2 rings (SSSR count). The maximum atomic E-state index is 8.97. The van der Waals surface area contributed by atoms with Gasteiger partial charge in [0.15, 0.2) is 0 Å². The van der Waals surface area contributed by atoms with Gasteiger partial charge in [-0.25, -0.2) is 0 Å². The molecule has 0 bridgehead atoms. The molecule has 21 heavy (non-hydrogen) atoms. The van der Waals surface area contributed by atoms with Crippen molar-refractivity contribution in [2.45, 2.75) is 25.4 Å². The molecule has 2 aromatic carbocycles. The van der Waals surface area contributed by atoms with Gasteiger partial charge in [0, 0.05) is 12.6 Å². The van der Waals surface area contributed by atoms with Gasteiger partial charge in [-0.2, -0.15) is 5.26 Å². The van der Waals surface area contributed by atoms with Gasteiger partial charge < -0.3 is 10.1 Å². The lowest BCUT2D eigenvalue weighted by Crippen LogP contribution is -2.30. The van der Waals surface area contributed by atoms with Crippen LogP contribution in [-0.4, -0.2) is 13.2 Å². The van der Waals surface area contributed by atoms with E-state index in [0.717, 1.165) is 18.7 Å². The van der Waals surface area contributed by atoms with Crippen LogP contribution in [0.1, 0.15) is 17.5 Å². The molecule has 0 aliphatic rings. The van der Waals surface area contributed by atoms with Crippen LogP contribution in [0.4, 0.5) is 0 Å². The smallest absolute Gasteiger partial charge is 0.118 e. The number of rotatable bonds is 7. The Balaban J connectivity index is 1.91. The molecule has 3 nitrogen and oxygen atoms in total. The van der Waals surface area contributed by atoms with Crippen LogP contribution in [0.3, 0.4) is 0 Å². The quantitative estimate of drug-likeness (QED) is 0.846. The molecule has 0 amide bonds. The van der Waals surface area contributed by atoms with Gasteiger partial charge in [-0.15, -0.1) is 0 Å². The summed E-state index contributed by atoms with van der Waals surface area (Å²) in [5.74, 6) is 0.858. The summed E-state index contributed by atoms with van der Waals surface area (Å²) < 4.78 is 5.15. The first-order valence-corrected chi connectivity index (χ1v) is 7.09. The van der Waals surface area contributed by atoms with E-state index in [1.165, 1.54) is 11.1 Å². The molecular weight excluding hydrogens is 260 g/mol. The summed E-state index contributed by atoms with van der Waals surface area (Å²) in [7, 11) is 1.66. The number of ether oxygens (including phenoxy) is 1. The average molecular weight is 280 g/mol. The molecule has 0 fully saturated rings. The van der Waals surface area contributed by atoms with Gasteiger partial charge in [0.25, 0.3) is 0 Å². The topological polar surface area (TPSA) is 45.0 Å². The molecule has 0 unspecified atom stereocenters. The number of hydrogen-bond donors (Lipinski definition) is 1. The Labute approximate surface area is 126 Å². The SMILES string of the molecule is COc1ccc(CN[C@H](CC#N)Cc2ccccc2)cc1. The number of hydrogen-bond acceptors (Lipinski definition) is 3. The molecule has 0 saturated heterocycles. The van der Waals surface area contributed by atoms with Gasteiger partial charge in [-0.3, -0.25) is 0 Å². The second-order valence-corrected chi connectivity index (χ2v) is 4.98. The minimum absolute atomic E-state index is 0.166. The molecule has 108 valence electrons. The molecule has 0 radical (unpaired) electrons. The third kappa shape index (κ3) is 4.94. The third-order valence-corrected chi connectivity index (χ3v) is 3.42. The Hall–Kier alpha value is -2.31. The zero-order chi connectivity index (χ0) is 14.9. The van der Waals surface area contributed by atoms with Crippen molar-refractivity contribution in [3.63, 3.8) is 0 Å². The average Bonchev–Trinajstić information content (AvgIpc) is 2.54. The van der Waals surface area contributed by atoms with Gasteiger partial charge in [-0.1, -0.05) is 42.5 Å². The third-order valence-electron chi connectivity index (χ3n) is 3.42. The van der Waals surface area contributed by atoms with Crippen LogP contribution in [0.25, 0.3) is 0 Å². The highest BCUT2D eigenvalue weighted by molar-refractivity contribution is 5.27. The van der Waals surface area contributed by atoms with Crippen molar-refractivity contribution >= 4 is 0 Å². The van der Waals surface area contributed by atoms with Crippen LogP contribution in [-0.2, 0) is 13.0 Å². The van der Waals surface area contributed by atoms with E-state index in [9.17, 15) is 0 Å². The first kappa shape index (κ1) is 15.1. The Bertz CT molecular complexity index is 572. The van der Waals surface area contributed by atoms with E-state index in [0.29, 0.717) is 6.42 Å². The van der Waals surface area contributed by atoms with E-state index >= 15 is 0 Å². The van der Waals surface area contributed by atoms with E-state index in [-0.39, 0.29) is 6.04 Å². The van der Waals surface area contributed by atoms with Crippen LogP contribution >= 0.6 is 0 Å². The number of nitriles is 1. The predicted molar refractivity (Wildman–Crippen MR) is 84.0 cm³/mol. The summed E-state index contributed by atoms with van der Waals surface area (Å²) in [6, 6.07) is 20.7. The van der Waals surface area contributed by atoms with Crippen molar-refractivity contribution in [1.82, 2.24) is 5.32 Å². The highest BCUT2D eigenvalue weighted by Crippen LogP contribution is 2.12. The molecule has 1 N–H and O–H groups in total. The zero-order valence-corrected chi connectivity index (χ0v) is 12.3. The van der Waals surface area contributed by atoms with Crippen LogP contribution in [0, 0.1) is 11.3 Å². The van der Waals surface area contributed by atoms with Gasteiger partial charge in [0.05, 0.1) is 19.6 Å². The molecular formula is C18H20N2O. The highest BCUT2D eigenvalue weighted by Gasteiger charge is 2.08. The minimum Gasteiger partial charge on any atom is -0.497 e. The lowest BCUT2D eigenvalue weighted by molar-refractivity contribution is 0.414. The number of nitrogens with zero attached hydrogens (tertiary/aromatic N) is 1. The highest BCUT2D eigenvalue weighted by atomic mass is 16.5. The number of benzene rings is 2. The fourth-order valence-corrected chi connectivity index (χ4v) is 2.23. The lowest BCUT2D eigenvalue weighted by atomic mass is 10.0. The Kier molecular flexibility index (Phi) is 5.81. The van der Waals surface area contributed by atoms with E-state index < -0.39 is 0 Å². The van der Waals surface area contributed by atoms with Crippen molar-refractivity contribution in [2.75, 3.05) is 7.11 Å². The van der Waals surface area contributed by atoms with Crippen LogP contribution in [0.15, 0.2) is 54.6 Å². The summed E-state index contributed by atoms with van der Waals surface area (Å²) >= 11 is 0. The minimum atomic E-state index is 0.166. The van der Waals surface area contributed by atoms with Gasteiger partial charge in [0.1, 0.15) is 5.75 Å². The van der Waals surface area contributed by atoms with Gasteiger partial charge >= 0.3 is 0 Å². The summed E-state index contributed by atoms with van der Waals surface area (Å²) in [4.78, 5) is 0. The van der Waals surface area contributed by atoms with Gasteiger partial charge in [0.2, 0.25) is 0 Å². The molecule has 0 aliphatic carbocycles. The number of nitrogens with one attached hydrogen (secondary N) is 1. The van der Waals surface area contributed by atoms with E-state index in [2.05, 4.69) is 23.5 Å². The molecule has 3 heteroatoms. The van der Waals surface area contributed by atoms with Crippen LogP contribution in [0.5, 0.6) is 5.75 Å². The first-order chi connectivity index (χ1) is 10.3. The van der Waals surface area contributed by atoms with Crippen LogP contribution < -0.4 is 10.1 Å². The summed E-state index contributed by atoms with van der Waals surface area (Å²) in [5, 5.41) is 12.4. The van der Waals surface area contributed by atoms with Crippen molar-refractivity contribution in [3.05, 3.63) is 65.7 Å². The first-order valence-electron chi connectivity index (χ1n) is 7.09. The molecule has 0 spiro atoms. The molecule has 2 aromatic rings. The Morgan fingerprint density at radius 1 is 1.05 bits per heavy atom. The lowest BCUT2D eigenvalue weighted by Gasteiger charge is -2.16. The summed E-state index contributed by atoms with van der Waals surface area (Å²) in [6.45, 7) is 0.753. The van der Waals surface area contributed by atoms with E-state index in [1.54, 1.807) is 7.11 Å². The fourth-order valence-electron chi connectivity index (χ4n) is 2.23. The Morgan fingerprint density at radius 3 is 2.38 bits per heavy atom.